The summed E-state index contributed by atoms with van der Waals surface area (Å²) in [5, 5.41) is 4.64. The summed E-state index contributed by atoms with van der Waals surface area (Å²) in [7, 11) is 0. The molecule has 2 fully saturated rings. The predicted molar refractivity (Wildman–Crippen MR) is 113 cm³/mol. The van der Waals surface area contributed by atoms with Gasteiger partial charge in [0, 0.05) is 38.3 Å². The molecule has 1 aromatic carbocycles. The Bertz CT molecular complexity index is 973. The molecule has 3 aliphatic rings. The molecular formula is C24H29N3O3. The van der Waals surface area contributed by atoms with E-state index < -0.39 is 5.41 Å². The minimum atomic E-state index is -0.481. The van der Waals surface area contributed by atoms with Crippen LogP contribution in [0.15, 0.2) is 41.2 Å². The van der Waals surface area contributed by atoms with E-state index in [0.717, 1.165) is 55.3 Å². The largest absolute Gasteiger partial charge is 0.381 e. The molecule has 158 valence electrons. The molecule has 0 N–H and O–H groups in total. The lowest BCUT2D eigenvalue weighted by Gasteiger charge is -2.46. The minimum Gasteiger partial charge on any atom is -0.381 e. The Morgan fingerprint density at radius 2 is 1.83 bits per heavy atom. The summed E-state index contributed by atoms with van der Waals surface area (Å²) >= 11 is 0. The zero-order valence-electron chi connectivity index (χ0n) is 17.4. The summed E-state index contributed by atoms with van der Waals surface area (Å²) in [5.74, 6) is 0.493. The van der Waals surface area contributed by atoms with Crippen molar-refractivity contribution in [3.8, 4) is 0 Å². The lowest BCUT2D eigenvalue weighted by Crippen LogP contribution is -2.59. The van der Waals surface area contributed by atoms with Crippen molar-refractivity contribution in [2.45, 2.75) is 50.5 Å². The second kappa shape index (κ2) is 7.99. The first-order valence-electron chi connectivity index (χ1n) is 11.2. The molecule has 5 rings (SSSR count). The van der Waals surface area contributed by atoms with Crippen LogP contribution in [-0.2, 0) is 34.3 Å². The number of hydrogen-bond donors (Lipinski definition) is 0. The Kier molecular flexibility index (Phi) is 5.19. The van der Waals surface area contributed by atoms with E-state index in [0.29, 0.717) is 32.8 Å². The Hall–Kier alpha value is -2.47. The molecule has 30 heavy (non-hydrogen) atoms. The highest BCUT2D eigenvalue weighted by Crippen LogP contribution is 2.38. The average molecular weight is 408 g/mol. The summed E-state index contributed by atoms with van der Waals surface area (Å²) in [4.78, 5) is 28.0. The molecule has 0 spiro atoms. The van der Waals surface area contributed by atoms with Gasteiger partial charge in [0.15, 0.2) is 0 Å². The molecule has 1 aliphatic carbocycles. The van der Waals surface area contributed by atoms with Gasteiger partial charge in [0.2, 0.25) is 5.91 Å². The van der Waals surface area contributed by atoms with Crippen LogP contribution in [0.4, 0.5) is 0 Å². The highest BCUT2D eigenvalue weighted by atomic mass is 16.5. The number of hydrogen-bond acceptors (Lipinski definition) is 4. The van der Waals surface area contributed by atoms with E-state index in [1.54, 1.807) is 10.7 Å². The molecular weight excluding hydrogens is 378 g/mol. The number of ether oxygens (including phenoxy) is 1. The van der Waals surface area contributed by atoms with E-state index in [1.807, 2.05) is 23.1 Å². The maximum Gasteiger partial charge on any atom is 0.267 e. The number of benzene rings is 1. The monoisotopic (exact) mass is 407 g/mol. The summed E-state index contributed by atoms with van der Waals surface area (Å²) in [5.41, 5.74) is 2.81. The van der Waals surface area contributed by atoms with Crippen molar-refractivity contribution in [3.63, 3.8) is 0 Å². The van der Waals surface area contributed by atoms with Crippen LogP contribution in [0, 0.1) is 5.92 Å². The molecule has 0 bridgehead atoms. The van der Waals surface area contributed by atoms with Crippen LogP contribution in [0.2, 0.25) is 0 Å². The fraction of sp³-hybridized carbons (Fsp3) is 0.542. The first-order valence-corrected chi connectivity index (χ1v) is 11.2. The van der Waals surface area contributed by atoms with Gasteiger partial charge in [0.25, 0.3) is 5.56 Å². The summed E-state index contributed by atoms with van der Waals surface area (Å²) < 4.78 is 7.19. The number of aryl methyl sites for hydroxylation is 2. The lowest BCUT2D eigenvalue weighted by atomic mass is 9.72. The van der Waals surface area contributed by atoms with Gasteiger partial charge in [-0.15, -0.1) is 0 Å². The van der Waals surface area contributed by atoms with Crippen molar-refractivity contribution in [2.75, 3.05) is 26.3 Å². The van der Waals surface area contributed by atoms with E-state index in [1.165, 1.54) is 0 Å². The van der Waals surface area contributed by atoms with Crippen molar-refractivity contribution in [3.05, 3.63) is 63.6 Å². The molecule has 0 atom stereocenters. The Morgan fingerprint density at radius 1 is 1.10 bits per heavy atom. The molecule has 1 aromatic heterocycles. The van der Waals surface area contributed by atoms with Crippen molar-refractivity contribution in [1.82, 2.24) is 14.7 Å². The highest BCUT2D eigenvalue weighted by molar-refractivity contribution is 5.89. The van der Waals surface area contributed by atoms with Crippen molar-refractivity contribution in [2.24, 2.45) is 5.92 Å². The van der Waals surface area contributed by atoms with Gasteiger partial charge in [-0.1, -0.05) is 30.3 Å². The second-order valence-electron chi connectivity index (χ2n) is 8.98. The number of carbonyl (C=O) groups is 1. The van der Waals surface area contributed by atoms with Gasteiger partial charge in [0.1, 0.15) is 0 Å². The molecule has 2 aliphatic heterocycles. The van der Waals surface area contributed by atoms with Crippen LogP contribution in [0.1, 0.15) is 42.5 Å². The molecule has 0 unspecified atom stereocenters. The fourth-order valence-corrected chi connectivity index (χ4v) is 5.23. The number of aromatic nitrogens is 2. The smallest absolute Gasteiger partial charge is 0.267 e. The third-order valence-corrected chi connectivity index (χ3v) is 7.03. The van der Waals surface area contributed by atoms with Gasteiger partial charge < -0.3 is 9.64 Å². The number of amides is 1. The highest BCUT2D eigenvalue weighted by Gasteiger charge is 2.46. The number of carbonyl (C=O) groups excluding carboxylic acids is 1. The Morgan fingerprint density at radius 3 is 2.60 bits per heavy atom. The molecule has 2 saturated heterocycles. The second-order valence-corrected chi connectivity index (χ2v) is 8.98. The number of rotatable bonds is 4. The zero-order valence-corrected chi connectivity index (χ0v) is 17.4. The Labute approximate surface area is 176 Å². The van der Waals surface area contributed by atoms with E-state index in [2.05, 4.69) is 17.2 Å². The van der Waals surface area contributed by atoms with Crippen molar-refractivity contribution < 1.29 is 9.53 Å². The SMILES string of the molecule is O=C(N1CC(Cn2nc3c(cc2=O)CCCC3)C1)C1(c2ccccc2)CCOCC1. The van der Waals surface area contributed by atoms with Crippen LogP contribution < -0.4 is 5.56 Å². The first kappa shape index (κ1) is 19.5. The summed E-state index contributed by atoms with van der Waals surface area (Å²) in [6.45, 7) is 3.22. The number of nitrogens with zero attached hydrogens (tertiary/aromatic N) is 3. The summed E-state index contributed by atoms with van der Waals surface area (Å²) in [6.07, 6.45) is 5.68. The third-order valence-electron chi connectivity index (χ3n) is 7.03. The molecule has 6 nitrogen and oxygen atoms in total. The van der Waals surface area contributed by atoms with Gasteiger partial charge in [-0.3, -0.25) is 9.59 Å². The van der Waals surface area contributed by atoms with Crippen LogP contribution >= 0.6 is 0 Å². The third kappa shape index (κ3) is 3.47. The zero-order chi connectivity index (χ0) is 20.6. The van der Waals surface area contributed by atoms with Gasteiger partial charge in [-0.2, -0.15) is 5.10 Å². The van der Waals surface area contributed by atoms with E-state index in [9.17, 15) is 9.59 Å². The first-order chi connectivity index (χ1) is 14.7. The van der Waals surface area contributed by atoms with Gasteiger partial charge in [-0.25, -0.2) is 4.68 Å². The van der Waals surface area contributed by atoms with Crippen molar-refractivity contribution in [1.29, 1.82) is 0 Å². The van der Waals surface area contributed by atoms with Gasteiger partial charge >= 0.3 is 0 Å². The van der Waals surface area contributed by atoms with E-state index in [4.69, 9.17) is 4.74 Å². The van der Waals surface area contributed by atoms with E-state index >= 15 is 0 Å². The molecule has 0 saturated carbocycles. The standard InChI is InChI=1S/C24H29N3O3/c28-22-14-19-6-4-5-9-21(19)25-27(22)17-18-15-26(16-18)23(29)24(10-12-30-13-11-24)20-7-2-1-3-8-20/h1-3,7-8,14,18H,4-6,9-13,15-17H2. The maximum absolute atomic E-state index is 13.5. The predicted octanol–water partition coefficient (Wildman–Crippen LogP) is 2.33. The van der Waals surface area contributed by atoms with Crippen molar-refractivity contribution >= 4 is 5.91 Å². The van der Waals surface area contributed by atoms with Crippen LogP contribution in [-0.4, -0.2) is 46.9 Å². The number of fused-ring (bicyclic) bond motifs is 1. The minimum absolute atomic E-state index is 0.00869. The van der Waals surface area contributed by atoms with E-state index in [-0.39, 0.29) is 17.4 Å². The normalized spacial score (nSPS) is 21.0. The van der Waals surface area contributed by atoms with Gasteiger partial charge in [-0.05, 0) is 49.7 Å². The average Bonchev–Trinajstić information content (AvgIpc) is 2.77. The topological polar surface area (TPSA) is 64.4 Å². The Balaban J connectivity index is 1.28. The molecule has 6 heteroatoms. The van der Waals surface area contributed by atoms with Crippen LogP contribution in [0.5, 0.6) is 0 Å². The number of likely N-dealkylation sites (tertiary alicyclic amines) is 1. The molecule has 2 aromatic rings. The van der Waals surface area contributed by atoms with Gasteiger partial charge in [0.05, 0.1) is 17.7 Å². The summed E-state index contributed by atoms with van der Waals surface area (Å²) in [6, 6.07) is 11.9. The molecule has 0 radical (unpaired) electrons. The lowest BCUT2D eigenvalue weighted by molar-refractivity contribution is -0.148. The maximum atomic E-state index is 13.5. The molecule has 1 amide bonds. The quantitative estimate of drug-likeness (QED) is 0.780. The fourth-order valence-electron chi connectivity index (χ4n) is 5.23. The van der Waals surface area contributed by atoms with Crippen LogP contribution in [0.3, 0.4) is 0 Å². The molecule has 3 heterocycles. The van der Waals surface area contributed by atoms with Crippen LogP contribution in [0.25, 0.3) is 0 Å².